The summed E-state index contributed by atoms with van der Waals surface area (Å²) in [6.45, 7) is 2.47. The van der Waals surface area contributed by atoms with Gasteiger partial charge in [-0.3, -0.25) is 0 Å². The predicted octanol–water partition coefficient (Wildman–Crippen LogP) is 0.977. The van der Waals surface area contributed by atoms with Gasteiger partial charge in [0.1, 0.15) is 5.75 Å². The van der Waals surface area contributed by atoms with Gasteiger partial charge in [-0.05, 0) is 19.4 Å². The Bertz CT molecular complexity index is 510. The molecule has 2 N–H and O–H groups in total. The van der Waals surface area contributed by atoms with Crippen molar-refractivity contribution < 1.29 is 13.5 Å². The lowest BCUT2D eigenvalue weighted by Gasteiger charge is -2.12. The van der Waals surface area contributed by atoms with Crippen LogP contribution in [0.25, 0.3) is 0 Å². The minimum atomic E-state index is -2.84. The third kappa shape index (κ3) is 3.20. The van der Waals surface area contributed by atoms with Gasteiger partial charge in [0, 0.05) is 18.2 Å². The van der Waals surface area contributed by atoms with Crippen molar-refractivity contribution in [3.05, 3.63) is 29.3 Å². The highest BCUT2D eigenvalue weighted by atomic mass is 32.2. The van der Waals surface area contributed by atoms with E-state index in [0.29, 0.717) is 13.0 Å². The van der Waals surface area contributed by atoms with E-state index in [-0.39, 0.29) is 23.3 Å². The summed E-state index contributed by atoms with van der Waals surface area (Å²) in [5.74, 6) is 0.730. The van der Waals surface area contributed by atoms with Crippen LogP contribution in [0.3, 0.4) is 0 Å². The van der Waals surface area contributed by atoms with Gasteiger partial charge >= 0.3 is 0 Å². The molecule has 1 aromatic rings. The monoisotopic (exact) mass is 255 g/mol. The summed E-state index contributed by atoms with van der Waals surface area (Å²) < 4.78 is 22.6. The molecule has 0 aromatic heterocycles. The average Bonchev–Trinajstić information content (AvgIpc) is 2.60. The van der Waals surface area contributed by atoms with Crippen LogP contribution in [0.5, 0.6) is 5.75 Å². The van der Waals surface area contributed by atoms with E-state index < -0.39 is 9.84 Å². The molecule has 0 bridgehead atoms. The molecule has 0 saturated carbocycles. The molecule has 1 fully saturated rings. The maximum Gasteiger partial charge on any atom is 0.151 e. The van der Waals surface area contributed by atoms with Crippen LogP contribution in [0.2, 0.25) is 0 Å². The number of rotatable bonds is 3. The fraction of sp³-hybridized carbons (Fsp3) is 0.500. The molecule has 17 heavy (non-hydrogen) atoms. The van der Waals surface area contributed by atoms with E-state index in [1.165, 1.54) is 0 Å². The Morgan fingerprint density at radius 2 is 2.24 bits per heavy atom. The molecule has 5 heteroatoms. The summed E-state index contributed by atoms with van der Waals surface area (Å²) in [4.78, 5) is 0. The third-order valence-corrected chi connectivity index (χ3v) is 4.82. The van der Waals surface area contributed by atoms with Gasteiger partial charge in [0.25, 0.3) is 0 Å². The standard InChI is InChI=1S/C12H17NO3S/c1-9-2-3-12(14)10(6-9)7-13-11-4-5-17(15,16)8-11/h2-3,6,11,13-14H,4-5,7-8H2,1H3. The molecule has 0 radical (unpaired) electrons. The summed E-state index contributed by atoms with van der Waals surface area (Å²) >= 11 is 0. The lowest BCUT2D eigenvalue weighted by atomic mass is 10.1. The van der Waals surface area contributed by atoms with E-state index >= 15 is 0 Å². The van der Waals surface area contributed by atoms with E-state index in [4.69, 9.17) is 0 Å². The van der Waals surface area contributed by atoms with Crippen LogP contribution in [0, 0.1) is 6.92 Å². The lowest BCUT2D eigenvalue weighted by Crippen LogP contribution is -2.29. The highest BCUT2D eigenvalue weighted by Gasteiger charge is 2.27. The minimum Gasteiger partial charge on any atom is -0.508 e. The number of aryl methyl sites for hydroxylation is 1. The van der Waals surface area contributed by atoms with Crippen molar-refractivity contribution in [2.24, 2.45) is 0 Å². The SMILES string of the molecule is Cc1ccc(O)c(CNC2CCS(=O)(=O)C2)c1. The van der Waals surface area contributed by atoms with E-state index in [1.54, 1.807) is 6.07 Å². The first-order valence-electron chi connectivity index (χ1n) is 5.68. The minimum absolute atomic E-state index is 0.0138. The van der Waals surface area contributed by atoms with Crippen molar-refractivity contribution in [3.8, 4) is 5.75 Å². The molecule has 1 unspecified atom stereocenters. The first kappa shape index (κ1) is 12.4. The molecule has 1 heterocycles. The number of sulfone groups is 1. The Morgan fingerprint density at radius 1 is 1.47 bits per heavy atom. The van der Waals surface area contributed by atoms with E-state index in [1.807, 2.05) is 19.1 Å². The quantitative estimate of drug-likeness (QED) is 0.845. The average molecular weight is 255 g/mol. The van der Waals surface area contributed by atoms with Crippen molar-refractivity contribution >= 4 is 9.84 Å². The molecule has 1 saturated heterocycles. The summed E-state index contributed by atoms with van der Waals surface area (Å²) in [5, 5.41) is 12.8. The number of benzene rings is 1. The van der Waals surface area contributed by atoms with Crippen LogP contribution < -0.4 is 5.32 Å². The fourth-order valence-electron chi connectivity index (χ4n) is 2.07. The second-order valence-electron chi connectivity index (χ2n) is 4.61. The summed E-state index contributed by atoms with van der Waals surface area (Å²) in [6.07, 6.45) is 0.662. The fourth-order valence-corrected chi connectivity index (χ4v) is 3.77. The van der Waals surface area contributed by atoms with Gasteiger partial charge in [0.15, 0.2) is 9.84 Å². The molecule has 0 amide bonds. The summed E-state index contributed by atoms with van der Waals surface area (Å²) in [6, 6.07) is 5.43. The van der Waals surface area contributed by atoms with Crippen LogP contribution in [-0.4, -0.2) is 31.1 Å². The smallest absolute Gasteiger partial charge is 0.151 e. The van der Waals surface area contributed by atoms with Crippen LogP contribution in [0.15, 0.2) is 18.2 Å². The Kier molecular flexibility index (Phi) is 3.40. The van der Waals surface area contributed by atoms with Crippen molar-refractivity contribution in [1.82, 2.24) is 5.32 Å². The predicted molar refractivity (Wildman–Crippen MR) is 66.7 cm³/mol. The van der Waals surface area contributed by atoms with Gasteiger partial charge in [-0.15, -0.1) is 0 Å². The van der Waals surface area contributed by atoms with Gasteiger partial charge in [0.2, 0.25) is 0 Å². The largest absolute Gasteiger partial charge is 0.508 e. The zero-order valence-corrected chi connectivity index (χ0v) is 10.6. The van der Waals surface area contributed by atoms with Gasteiger partial charge in [0.05, 0.1) is 11.5 Å². The topological polar surface area (TPSA) is 66.4 Å². The Balaban J connectivity index is 1.97. The van der Waals surface area contributed by atoms with Gasteiger partial charge < -0.3 is 10.4 Å². The Hall–Kier alpha value is -1.07. The number of phenols is 1. The Morgan fingerprint density at radius 3 is 2.88 bits per heavy atom. The van der Waals surface area contributed by atoms with Gasteiger partial charge in [-0.25, -0.2) is 8.42 Å². The highest BCUT2D eigenvalue weighted by Crippen LogP contribution is 2.19. The maximum absolute atomic E-state index is 11.3. The van der Waals surface area contributed by atoms with Crippen molar-refractivity contribution in [1.29, 1.82) is 0 Å². The molecule has 94 valence electrons. The zero-order chi connectivity index (χ0) is 12.5. The highest BCUT2D eigenvalue weighted by molar-refractivity contribution is 7.91. The number of aromatic hydroxyl groups is 1. The van der Waals surface area contributed by atoms with Crippen molar-refractivity contribution in [2.45, 2.75) is 25.9 Å². The lowest BCUT2D eigenvalue weighted by molar-refractivity contribution is 0.459. The van der Waals surface area contributed by atoms with E-state index in [9.17, 15) is 13.5 Å². The van der Waals surface area contributed by atoms with E-state index in [0.717, 1.165) is 11.1 Å². The van der Waals surface area contributed by atoms with Crippen LogP contribution in [0.1, 0.15) is 17.5 Å². The van der Waals surface area contributed by atoms with E-state index in [2.05, 4.69) is 5.32 Å². The van der Waals surface area contributed by atoms with Crippen LogP contribution in [0.4, 0.5) is 0 Å². The molecular formula is C12H17NO3S. The summed E-state index contributed by atoms with van der Waals surface area (Å²) in [7, 11) is -2.84. The number of phenolic OH excluding ortho intramolecular Hbond substituents is 1. The number of hydrogen-bond donors (Lipinski definition) is 2. The molecule has 1 aromatic carbocycles. The third-order valence-electron chi connectivity index (χ3n) is 3.05. The second-order valence-corrected chi connectivity index (χ2v) is 6.84. The molecule has 0 spiro atoms. The molecule has 0 aliphatic carbocycles. The maximum atomic E-state index is 11.3. The Labute approximate surface area is 102 Å². The summed E-state index contributed by atoms with van der Waals surface area (Å²) in [5.41, 5.74) is 1.90. The zero-order valence-electron chi connectivity index (χ0n) is 9.81. The molecule has 1 atom stereocenters. The number of hydrogen-bond acceptors (Lipinski definition) is 4. The van der Waals surface area contributed by atoms with Crippen molar-refractivity contribution in [2.75, 3.05) is 11.5 Å². The molecule has 1 aliphatic heterocycles. The molecular weight excluding hydrogens is 238 g/mol. The normalized spacial score (nSPS) is 22.8. The first-order chi connectivity index (χ1) is 7.96. The number of nitrogens with one attached hydrogen (secondary N) is 1. The van der Waals surface area contributed by atoms with Gasteiger partial charge in [-0.2, -0.15) is 0 Å². The molecule has 4 nitrogen and oxygen atoms in total. The molecule has 2 rings (SSSR count). The van der Waals surface area contributed by atoms with Crippen LogP contribution >= 0.6 is 0 Å². The molecule has 1 aliphatic rings. The van der Waals surface area contributed by atoms with Gasteiger partial charge in [-0.1, -0.05) is 17.7 Å². The van der Waals surface area contributed by atoms with Crippen LogP contribution in [-0.2, 0) is 16.4 Å². The van der Waals surface area contributed by atoms with Crippen molar-refractivity contribution in [3.63, 3.8) is 0 Å². The first-order valence-corrected chi connectivity index (χ1v) is 7.51. The second kappa shape index (κ2) is 4.66.